The smallest absolute Gasteiger partial charge is 0.245 e. The van der Waals surface area contributed by atoms with E-state index in [0.717, 1.165) is 32.2 Å². The molecule has 4 saturated heterocycles. The maximum Gasteiger partial charge on any atom is 0.245 e. The summed E-state index contributed by atoms with van der Waals surface area (Å²) < 4.78 is 5.55. The third-order valence-corrected chi connectivity index (χ3v) is 7.34. The van der Waals surface area contributed by atoms with Crippen LogP contribution in [-0.4, -0.2) is 78.1 Å². The Morgan fingerprint density at radius 2 is 2.06 bits per heavy atom. The van der Waals surface area contributed by atoms with Gasteiger partial charge in [0.2, 0.25) is 11.8 Å². The van der Waals surface area contributed by atoms with Crippen molar-refractivity contribution in [3.8, 4) is 6.07 Å². The standard InChI is InChI=1S/C23H29N5O3/c24-13-16-4-2-7-25-22(16)27-14-17-12-18(15-27)21(28-19(17)5-1-6-20(28)29)23(30)26-8-3-10-31-11-9-26/h2,4,7,17-19,21H,1,3,5-6,8-12,14-15H2/t17-,18+,19+,21-/m1/s1. The molecule has 0 unspecified atom stereocenters. The fourth-order valence-corrected chi connectivity index (χ4v) is 6.04. The Labute approximate surface area is 182 Å². The van der Waals surface area contributed by atoms with Crippen LogP contribution < -0.4 is 4.90 Å². The number of piperidine rings is 3. The number of rotatable bonds is 2. The van der Waals surface area contributed by atoms with Crippen molar-refractivity contribution in [1.82, 2.24) is 14.8 Å². The van der Waals surface area contributed by atoms with Crippen molar-refractivity contribution in [1.29, 1.82) is 5.26 Å². The van der Waals surface area contributed by atoms with E-state index in [2.05, 4.69) is 16.0 Å². The Bertz CT molecular complexity index is 891. The summed E-state index contributed by atoms with van der Waals surface area (Å²) in [6, 6.07) is 5.49. The summed E-state index contributed by atoms with van der Waals surface area (Å²) in [5.74, 6) is 1.23. The maximum atomic E-state index is 13.8. The predicted octanol–water partition coefficient (Wildman–Crippen LogP) is 1.41. The summed E-state index contributed by atoms with van der Waals surface area (Å²) in [4.78, 5) is 37.3. The minimum absolute atomic E-state index is 0.0438. The van der Waals surface area contributed by atoms with Crippen LogP contribution in [0.2, 0.25) is 0 Å². The minimum Gasteiger partial charge on any atom is -0.380 e. The van der Waals surface area contributed by atoms with Gasteiger partial charge in [0.05, 0.1) is 12.2 Å². The van der Waals surface area contributed by atoms with E-state index in [1.54, 1.807) is 18.3 Å². The molecule has 5 heterocycles. The number of hydrogen-bond donors (Lipinski definition) is 0. The van der Waals surface area contributed by atoms with E-state index in [1.807, 2.05) is 9.80 Å². The van der Waals surface area contributed by atoms with Gasteiger partial charge in [-0.15, -0.1) is 0 Å². The molecule has 8 heteroatoms. The van der Waals surface area contributed by atoms with Crippen molar-refractivity contribution in [2.45, 2.75) is 44.2 Å². The summed E-state index contributed by atoms with van der Waals surface area (Å²) in [5.41, 5.74) is 0.562. The molecule has 0 radical (unpaired) electrons. The average Bonchev–Trinajstić information content (AvgIpc) is 3.09. The zero-order valence-corrected chi connectivity index (χ0v) is 17.8. The summed E-state index contributed by atoms with van der Waals surface area (Å²) in [5, 5.41) is 9.57. The normalized spacial score (nSPS) is 30.9. The van der Waals surface area contributed by atoms with E-state index in [9.17, 15) is 14.9 Å². The van der Waals surface area contributed by atoms with E-state index >= 15 is 0 Å². The van der Waals surface area contributed by atoms with Gasteiger partial charge in [0.1, 0.15) is 17.9 Å². The molecular formula is C23H29N5O3. The molecule has 1 aromatic heterocycles. The average molecular weight is 424 g/mol. The zero-order chi connectivity index (χ0) is 21.4. The van der Waals surface area contributed by atoms with E-state index in [4.69, 9.17) is 4.74 Å². The number of aromatic nitrogens is 1. The topological polar surface area (TPSA) is 89.8 Å². The van der Waals surface area contributed by atoms with Gasteiger partial charge in [-0.1, -0.05) is 0 Å². The fourth-order valence-electron chi connectivity index (χ4n) is 6.04. The zero-order valence-electron chi connectivity index (χ0n) is 17.8. The Hall–Kier alpha value is -2.66. The molecule has 4 aliphatic heterocycles. The van der Waals surface area contributed by atoms with Crippen molar-refractivity contribution in [2.24, 2.45) is 11.8 Å². The van der Waals surface area contributed by atoms with Crippen LogP contribution in [0.5, 0.6) is 0 Å². The highest BCUT2D eigenvalue weighted by Gasteiger charge is 2.53. The van der Waals surface area contributed by atoms with E-state index in [1.165, 1.54) is 0 Å². The minimum atomic E-state index is -0.427. The number of anilines is 1. The van der Waals surface area contributed by atoms with Gasteiger partial charge in [0.25, 0.3) is 0 Å². The van der Waals surface area contributed by atoms with Crippen molar-refractivity contribution in [2.75, 3.05) is 44.3 Å². The van der Waals surface area contributed by atoms with Crippen LogP contribution in [-0.2, 0) is 14.3 Å². The number of nitrogens with zero attached hydrogens (tertiary/aromatic N) is 5. The second kappa shape index (κ2) is 8.46. The monoisotopic (exact) mass is 423 g/mol. The molecule has 5 rings (SSSR count). The van der Waals surface area contributed by atoms with Gasteiger partial charge in [-0.25, -0.2) is 4.98 Å². The third kappa shape index (κ3) is 3.65. The Balaban J connectivity index is 1.48. The highest BCUT2D eigenvalue weighted by atomic mass is 16.5. The van der Waals surface area contributed by atoms with Gasteiger partial charge in [-0.2, -0.15) is 5.26 Å². The van der Waals surface area contributed by atoms with E-state index < -0.39 is 6.04 Å². The molecule has 0 saturated carbocycles. The first-order chi connectivity index (χ1) is 15.2. The third-order valence-electron chi connectivity index (χ3n) is 7.34. The lowest BCUT2D eigenvalue weighted by Crippen LogP contribution is -2.68. The number of hydrogen-bond acceptors (Lipinski definition) is 6. The molecule has 0 spiro atoms. The fraction of sp³-hybridized carbons (Fsp3) is 0.652. The Morgan fingerprint density at radius 3 is 2.94 bits per heavy atom. The predicted molar refractivity (Wildman–Crippen MR) is 113 cm³/mol. The molecule has 1 aromatic rings. The first kappa shape index (κ1) is 20.3. The SMILES string of the molecule is N#Cc1cccnc1N1C[C@H]2C[C@@H](C1)[C@H](C(=O)N1CCCOCC1)N1C(=O)CCC[C@@H]21. The van der Waals surface area contributed by atoms with Crippen molar-refractivity contribution < 1.29 is 14.3 Å². The highest BCUT2D eigenvalue weighted by Crippen LogP contribution is 2.43. The van der Waals surface area contributed by atoms with Crippen molar-refractivity contribution in [3.05, 3.63) is 23.9 Å². The second-order valence-electron chi connectivity index (χ2n) is 9.14. The Kier molecular flexibility index (Phi) is 5.53. The summed E-state index contributed by atoms with van der Waals surface area (Å²) >= 11 is 0. The van der Waals surface area contributed by atoms with E-state index in [-0.39, 0.29) is 23.8 Å². The first-order valence-corrected chi connectivity index (χ1v) is 11.4. The lowest BCUT2D eigenvalue weighted by atomic mass is 9.71. The molecule has 4 aliphatic rings. The molecule has 2 amide bonds. The van der Waals surface area contributed by atoms with Gasteiger partial charge >= 0.3 is 0 Å². The molecule has 4 atom stereocenters. The van der Waals surface area contributed by atoms with Crippen molar-refractivity contribution >= 4 is 17.6 Å². The van der Waals surface area contributed by atoms with Gasteiger partial charge in [0.15, 0.2) is 0 Å². The molecule has 0 aromatic carbocycles. The first-order valence-electron chi connectivity index (χ1n) is 11.4. The summed E-state index contributed by atoms with van der Waals surface area (Å²) in [6.07, 6.45) is 5.85. The number of amides is 2. The van der Waals surface area contributed by atoms with Gasteiger partial charge < -0.3 is 19.4 Å². The number of ether oxygens (including phenoxy) is 1. The Morgan fingerprint density at radius 1 is 1.19 bits per heavy atom. The number of carbonyl (C=O) groups excluding carboxylic acids is 2. The van der Waals surface area contributed by atoms with Gasteiger partial charge in [0, 0.05) is 57.4 Å². The van der Waals surface area contributed by atoms with Gasteiger partial charge in [-0.3, -0.25) is 9.59 Å². The number of carbonyl (C=O) groups is 2. The van der Waals surface area contributed by atoms with Crippen LogP contribution >= 0.6 is 0 Å². The second-order valence-corrected chi connectivity index (χ2v) is 9.14. The van der Waals surface area contributed by atoms with E-state index in [0.29, 0.717) is 56.6 Å². The molecule has 31 heavy (non-hydrogen) atoms. The van der Waals surface area contributed by atoms with Crippen LogP contribution in [0.4, 0.5) is 5.82 Å². The van der Waals surface area contributed by atoms with Crippen LogP contribution in [0, 0.1) is 23.2 Å². The van der Waals surface area contributed by atoms with Crippen LogP contribution in [0.15, 0.2) is 18.3 Å². The lowest BCUT2D eigenvalue weighted by molar-refractivity contribution is -0.161. The lowest BCUT2D eigenvalue weighted by Gasteiger charge is -2.56. The molecule has 0 N–H and O–H groups in total. The molecular weight excluding hydrogens is 394 g/mol. The van der Waals surface area contributed by atoms with Crippen molar-refractivity contribution in [3.63, 3.8) is 0 Å². The number of nitriles is 1. The largest absolute Gasteiger partial charge is 0.380 e. The highest BCUT2D eigenvalue weighted by molar-refractivity contribution is 5.89. The maximum absolute atomic E-state index is 13.8. The summed E-state index contributed by atoms with van der Waals surface area (Å²) in [7, 11) is 0. The van der Waals surface area contributed by atoms with Gasteiger partial charge in [-0.05, 0) is 43.7 Å². The quantitative estimate of drug-likeness (QED) is 0.715. The van der Waals surface area contributed by atoms with Crippen LogP contribution in [0.1, 0.15) is 37.7 Å². The molecule has 0 aliphatic carbocycles. The molecule has 164 valence electrons. The molecule has 8 nitrogen and oxygen atoms in total. The summed E-state index contributed by atoms with van der Waals surface area (Å²) in [6.45, 7) is 3.90. The number of pyridine rings is 1. The molecule has 4 fully saturated rings. The van der Waals surface area contributed by atoms with Crippen LogP contribution in [0.25, 0.3) is 0 Å². The van der Waals surface area contributed by atoms with Crippen LogP contribution in [0.3, 0.4) is 0 Å². The molecule has 2 bridgehead atoms. The number of fused-ring (bicyclic) bond motifs is 4.